The number of nitrogens with two attached hydrogens (primary N) is 1. The molecular formula is C25H28N4O. The van der Waals surface area contributed by atoms with Crippen LogP contribution >= 0.6 is 0 Å². The summed E-state index contributed by atoms with van der Waals surface area (Å²) in [5, 5.41) is 6.54. The summed E-state index contributed by atoms with van der Waals surface area (Å²) in [5.74, 6) is -0.142. The van der Waals surface area contributed by atoms with Crippen molar-refractivity contribution in [3.05, 3.63) is 78.4 Å². The standard InChI is InChI=1S/C25H28N4O/c1-2-27-21-14-15-29(17-21)22-11-8-19(9-12-22)25(30)28-24-16-20(26)10-13-23(24)18-6-4-3-5-7-18/h3-13,16,21,27H,2,14-15,17,26H2,1H3,(H,28,30)/t21-/m0/s1. The Morgan fingerprint density at radius 3 is 2.57 bits per heavy atom. The van der Waals surface area contributed by atoms with Crippen LogP contribution in [0.3, 0.4) is 0 Å². The maximum Gasteiger partial charge on any atom is 0.255 e. The van der Waals surface area contributed by atoms with Gasteiger partial charge in [-0.1, -0.05) is 43.3 Å². The monoisotopic (exact) mass is 400 g/mol. The third-order valence-electron chi connectivity index (χ3n) is 5.55. The van der Waals surface area contributed by atoms with Gasteiger partial charge in [0.2, 0.25) is 0 Å². The van der Waals surface area contributed by atoms with E-state index in [1.54, 1.807) is 6.07 Å². The Balaban J connectivity index is 1.49. The lowest BCUT2D eigenvalue weighted by molar-refractivity contribution is 0.102. The number of rotatable bonds is 6. The fraction of sp³-hybridized carbons (Fsp3) is 0.240. The molecule has 0 unspecified atom stereocenters. The number of nitrogens with zero attached hydrogens (tertiary/aromatic N) is 1. The first-order valence-electron chi connectivity index (χ1n) is 10.5. The molecule has 4 N–H and O–H groups in total. The minimum absolute atomic E-state index is 0.142. The highest BCUT2D eigenvalue weighted by Crippen LogP contribution is 2.30. The molecule has 1 saturated heterocycles. The van der Waals surface area contributed by atoms with Crippen molar-refractivity contribution in [1.29, 1.82) is 0 Å². The number of anilines is 3. The summed E-state index contributed by atoms with van der Waals surface area (Å²) in [6, 6.07) is 23.9. The van der Waals surface area contributed by atoms with E-state index in [-0.39, 0.29) is 5.91 Å². The van der Waals surface area contributed by atoms with Gasteiger partial charge in [0, 0.05) is 41.6 Å². The lowest BCUT2D eigenvalue weighted by Gasteiger charge is -2.19. The summed E-state index contributed by atoms with van der Waals surface area (Å²) in [5.41, 5.74) is 11.1. The van der Waals surface area contributed by atoms with Gasteiger partial charge in [-0.3, -0.25) is 4.79 Å². The molecule has 0 saturated carbocycles. The Kier molecular flexibility index (Phi) is 6.00. The smallest absolute Gasteiger partial charge is 0.255 e. The van der Waals surface area contributed by atoms with E-state index in [1.807, 2.05) is 66.7 Å². The quantitative estimate of drug-likeness (QED) is 0.537. The number of benzene rings is 3. The van der Waals surface area contributed by atoms with E-state index in [0.717, 1.165) is 42.9 Å². The molecule has 0 aromatic heterocycles. The van der Waals surface area contributed by atoms with Gasteiger partial charge in [-0.25, -0.2) is 0 Å². The van der Waals surface area contributed by atoms with E-state index in [9.17, 15) is 4.79 Å². The van der Waals surface area contributed by atoms with E-state index in [4.69, 9.17) is 5.73 Å². The minimum atomic E-state index is -0.142. The molecule has 1 aliphatic heterocycles. The number of nitrogens with one attached hydrogen (secondary N) is 2. The first kappa shape index (κ1) is 20.0. The molecule has 5 nitrogen and oxygen atoms in total. The van der Waals surface area contributed by atoms with Crippen LogP contribution in [0.1, 0.15) is 23.7 Å². The minimum Gasteiger partial charge on any atom is -0.399 e. The molecule has 5 heteroatoms. The Hall–Kier alpha value is -3.31. The number of likely N-dealkylation sites (N-methyl/N-ethyl adjacent to an activating group) is 1. The normalized spacial score (nSPS) is 15.9. The van der Waals surface area contributed by atoms with Gasteiger partial charge in [0.05, 0.1) is 5.69 Å². The average Bonchev–Trinajstić information content (AvgIpc) is 3.23. The molecule has 3 aromatic rings. The molecular weight excluding hydrogens is 372 g/mol. The Labute approximate surface area is 177 Å². The Bertz CT molecular complexity index is 1000. The molecule has 4 rings (SSSR count). The van der Waals surface area contributed by atoms with Crippen LogP contribution in [0, 0.1) is 0 Å². The third kappa shape index (κ3) is 4.47. The van der Waals surface area contributed by atoms with Crippen LogP contribution in [0.25, 0.3) is 11.1 Å². The Morgan fingerprint density at radius 1 is 1.07 bits per heavy atom. The fourth-order valence-electron chi connectivity index (χ4n) is 4.00. The van der Waals surface area contributed by atoms with Crippen LogP contribution in [0.4, 0.5) is 17.1 Å². The van der Waals surface area contributed by atoms with E-state index in [1.165, 1.54) is 0 Å². The zero-order chi connectivity index (χ0) is 20.9. The van der Waals surface area contributed by atoms with Crippen LogP contribution in [0.15, 0.2) is 72.8 Å². The van der Waals surface area contributed by atoms with Crippen molar-refractivity contribution in [2.75, 3.05) is 35.6 Å². The van der Waals surface area contributed by atoms with Crippen LogP contribution in [-0.2, 0) is 0 Å². The van der Waals surface area contributed by atoms with Gasteiger partial charge in [-0.05, 0) is 54.9 Å². The highest BCUT2D eigenvalue weighted by molar-refractivity contribution is 6.06. The summed E-state index contributed by atoms with van der Waals surface area (Å²) < 4.78 is 0. The predicted molar refractivity (Wildman–Crippen MR) is 125 cm³/mol. The van der Waals surface area contributed by atoms with Crippen molar-refractivity contribution in [2.45, 2.75) is 19.4 Å². The number of carbonyl (C=O) groups is 1. The average molecular weight is 401 g/mol. The number of nitrogen functional groups attached to an aromatic ring is 1. The lowest BCUT2D eigenvalue weighted by atomic mass is 10.0. The third-order valence-corrected chi connectivity index (χ3v) is 5.55. The molecule has 1 atom stereocenters. The van der Waals surface area contributed by atoms with Gasteiger partial charge in [0.25, 0.3) is 5.91 Å². The predicted octanol–water partition coefficient (Wildman–Crippen LogP) is 4.38. The lowest BCUT2D eigenvalue weighted by Crippen LogP contribution is -2.32. The summed E-state index contributed by atoms with van der Waals surface area (Å²) in [4.78, 5) is 15.3. The fourth-order valence-corrected chi connectivity index (χ4v) is 4.00. The summed E-state index contributed by atoms with van der Waals surface area (Å²) in [6.45, 7) is 5.17. The molecule has 0 radical (unpaired) electrons. The first-order chi connectivity index (χ1) is 14.6. The number of hydrogen-bond acceptors (Lipinski definition) is 4. The molecule has 154 valence electrons. The maximum absolute atomic E-state index is 12.9. The second-order valence-corrected chi connectivity index (χ2v) is 7.66. The van der Waals surface area contributed by atoms with Gasteiger partial charge in [0.15, 0.2) is 0 Å². The van der Waals surface area contributed by atoms with Crippen molar-refractivity contribution in [1.82, 2.24) is 5.32 Å². The van der Waals surface area contributed by atoms with E-state index in [2.05, 4.69) is 22.5 Å². The molecule has 1 heterocycles. The highest BCUT2D eigenvalue weighted by atomic mass is 16.1. The number of amides is 1. The largest absolute Gasteiger partial charge is 0.399 e. The number of carbonyl (C=O) groups excluding carboxylic acids is 1. The zero-order valence-electron chi connectivity index (χ0n) is 17.3. The Morgan fingerprint density at radius 2 is 1.83 bits per heavy atom. The van der Waals surface area contributed by atoms with Crippen LogP contribution in [-0.4, -0.2) is 31.6 Å². The van der Waals surface area contributed by atoms with E-state index < -0.39 is 0 Å². The second-order valence-electron chi connectivity index (χ2n) is 7.66. The van der Waals surface area contributed by atoms with Gasteiger partial charge < -0.3 is 21.3 Å². The van der Waals surface area contributed by atoms with Gasteiger partial charge >= 0.3 is 0 Å². The maximum atomic E-state index is 12.9. The molecule has 30 heavy (non-hydrogen) atoms. The van der Waals surface area contributed by atoms with Crippen molar-refractivity contribution >= 4 is 23.0 Å². The molecule has 0 spiro atoms. The summed E-state index contributed by atoms with van der Waals surface area (Å²) >= 11 is 0. The van der Waals surface area contributed by atoms with E-state index in [0.29, 0.717) is 23.0 Å². The first-order valence-corrected chi connectivity index (χ1v) is 10.5. The van der Waals surface area contributed by atoms with Gasteiger partial charge in [0.1, 0.15) is 0 Å². The highest BCUT2D eigenvalue weighted by Gasteiger charge is 2.22. The van der Waals surface area contributed by atoms with Crippen LogP contribution < -0.4 is 21.3 Å². The molecule has 1 fully saturated rings. The van der Waals surface area contributed by atoms with Crippen molar-refractivity contribution in [3.63, 3.8) is 0 Å². The molecule has 0 bridgehead atoms. The second kappa shape index (κ2) is 9.01. The molecule has 1 amide bonds. The van der Waals surface area contributed by atoms with E-state index >= 15 is 0 Å². The van der Waals surface area contributed by atoms with Gasteiger partial charge in [-0.15, -0.1) is 0 Å². The number of hydrogen-bond donors (Lipinski definition) is 3. The van der Waals surface area contributed by atoms with Crippen molar-refractivity contribution in [2.24, 2.45) is 0 Å². The molecule has 3 aromatic carbocycles. The zero-order valence-corrected chi connectivity index (χ0v) is 17.3. The summed E-state index contributed by atoms with van der Waals surface area (Å²) in [7, 11) is 0. The summed E-state index contributed by atoms with van der Waals surface area (Å²) in [6.07, 6.45) is 1.15. The van der Waals surface area contributed by atoms with Crippen LogP contribution in [0.5, 0.6) is 0 Å². The van der Waals surface area contributed by atoms with Crippen molar-refractivity contribution in [3.8, 4) is 11.1 Å². The van der Waals surface area contributed by atoms with Gasteiger partial charge in [-0.2, -0.15) is 0 Å². The molecule has 0 aliphatic carbocycles. The van der Waals surface area contributed by atoms with Crippen molar-refractivity contribution < 1.29 is 4.79 Å². The topological polar surface area (TPSA) is 70.4 Å². The SMILES string of the molecule is CCN[C@H]1CCN(c2ccc(C(=O)Nc3cc(N)ccc3-c3ccccc3)cc2)C1. The molecule has 1 aliphatic rings. The van der Waals surface area contributed by atoms with Crippen LogP contribution in [0.2, 0.25) is 0 Å².